The number of carbonyl (C=O) groups is 3. The molecule has 1 saturated heterocycles. The number of aromatic nitrogens is 3. The average Bonchev–Trinajstić information content (AvgIpc) is 3.58. The highest BCUT2D eigenvalue weighted by Crippen LogP contribution is 2.44. The van der Waals surface area contributed by atoms with Gasteiger partial charge in [0.15, 0.2) is 15.2 Å². The molecule has 2 aliphatic rings. The monoisotopic (exact) mass is 589 g/mol. The van der Waals surface area contributed by atoms with Gasteiger partial charge in [-0.25, -0.2) is 19.2 Å². The lowest BCUT2D eigenvalue weighted by molar-refractivity contribution is -0.155. The molecule has 3 aromatic heterocycles. The molecule has 0 spiro atoms. The SMILES string of the molecule is Nc1nc(/C(=N\OCCF)C(=O)N[C@@H]2C(=O)N3C(C(=O)O)=C(Sc4nc(-c5cccnc5)cs4)CC[C@H]23)cs1. The topological polar surface area (TPSA) is 173 Å². The average molecular weight is 590 g/mol. The summed E-state index contributed by atoms with van der Waals surface area (Å²) < 4.78 is 13.1. The van der Waals surface area contributed by atoms with Crippen molar-refractivity contribution in [2.75, 3.05) is 19.0 Å². The predicted molar refractivity (Wildman–Crippen MR) is 143 cm³/mol. The number of allylic oxidation sites excluding steroid dienone is 1. The second kappa shape index (κ2) is 11.5. The van der Waals surface area contributed by atoms with Crippen LogP contribution in [0.5, 0.6) is 0 Å². The highest BCUT2D eigenvalue weighted by atomic mass is 32.2. The number of hydrogen-bond acceptors (Lipinski definition) is 12. The van der Waals surface area contributed by atoms with Crippen molar-refractivity contribution in [1.82, 2.24) is 25.2 Å². The Bertz CT molecular complexity index is 1480. The van der Waals surface area contributed by atoms with E-state index in [-0.39, 0.29) is 28.8 Å². The lowest BCUT2D eigenvalue weighted by Gasteiger charge is -2.50. The minimum Gasteiger partial charge on any atom is -0.477 e. The molecule has 1 fully saturated rings. The zero-order chi connectivity index (χ0) is 27.5. The molecule has 0 saturated carbocycles. The van der Waals surface area contributed by atoms with Crippen LogP contribution in [0.15, 0.2) is 55.4 Å². The van der Waals surface area contributed by atoms with Crippen molar-refractivity contribution in [3.8, 4) is 11.3 Å². The number of anilines is 1. The number of halogens is 1. The zero-order valence-electron chi connectivity index (χ0n) is 19.9. The molecule has 0 radical (unpaired) electrons. The number of oxime groups is 1. The van der Waals surface area contributed by atoms with Crippen LogP contribution in [0.4, 0.5) is 9.52 Å². The number of amides is 2. The number of thiazole rings is 2. The Morgan fingerprint density at radius 2 is 2.18 bits per heavy atom. The summed E-state index contributed by atoms with van der Waals surface area (Å²) in [6, 6.07) is 2.14. The summed E-state index contributed by atoms with van der Waals surface area (Å²) in [5.41, 5.74) is 6.93. The summed E-state index contributed by atoms with van der Waals surface area (Å²) in [6.45, 7) is -1.18. The minimum absolute atomic E-state index is 0.111. The fourth-order valence-corrected chi connectivity index (χ4v) is 6.74. The van der Waals surface area contributed by atoms with Crippen molar-refractivity contribution in [3.05, 3.63) is 51.6 Å². The largest absolute Gasteiger partial charge is 0.477 e. The molecule has 2 atom stereocenters. The van der Waals surface area contributed by atoms with Gasteiger partial charge in [0.2, 0.25) is 0 Å². The van der Waals surface area contributed by atoms with Crippen LogP contribution < -0.4 is 11.1 Å². The maximum Gasteiger partial charge on any atom is 0.353 e. The highest BCUT2D eigenvalue weighted by Gasteiger charge is 2.54. The molecule has 202 valence electrons. The first kappa shape index (κ1) is 26.7. The number of rotatable bonds is 10. The number of aliphatic carboxylic acids is 1. The van der Waals surface area contributed by atoms with Gasteiger partial charge in [-0.15, -0.1) is 22.7 Å². The third kappa shape index (κ3) is 5.48. The zero-order valence-corrected chi connectivity index (χ0v) is 22.4. The first-order chi connectivity index (χ1) is 18.9. The Morgan fingerprint density at radius 1 is 1.33 bits per heavy atom. The van der Waals surface area contributed by atoms with Crippen LogP contribution in [0.2, 0.25) is 0 Å². The van der Waals surface area contributed by atoms with Crippen molar-refractivity contribution >= 4 is 63.1 Å². The number of nitrogen functional groups attached to an aromatic ring is 1. The van der Waals surface area contributed by atoms with Crippen molar-refractivity contribution in [1.29, 1.82) is 0 Å². The van der Waals surface area contributed by atoms with Crippen molar-refractivity contribution in [3.63, 3.8) is 0 Å². The lowest BCUT2D eigenvalue weighted by Crippen LogP contribution is -2.72. The molecule has 39 heavy (non-hydrogen) atoms. The van der Waals surface area contributed by atoms with E-state index in [2.05, 4.69) is 25.4 Å². The molecule has 12 nitrogen and oxygen atoms in total. The van der Waals surface area contributed by atoms with Crippen LogP contribution in [-0.4, -0.2) is 73.8 Å². The quantitative estimate of drug-likeness (QED) is 0.138. The van der Waals surface area contributed by atoms with E-state index in [1.165, 1.54) is 33.4 Å². The Kier molecular flexibility index (Phi) is 7.85. The molecular formula is C23H20FN7O5S3. The van der Waals surface area contributed by atoms with Crippen molar-refractivity contribution in [2.45, 2.75) is 29.3 Å². The summed E-state index contributed by atoms with van der Waals surface area (Å²) in [5, 5.41) is 19.8. The normalized spacial score (nSPS) is 18.9. The van der Waals surface area contributed by atoms with Gasteiger partial charge in [0.05, 0.1) is 11.7 Å². The number of hydrogen-bond donors (Lipinski definition) is 3. The lowest BCUT2D eigenvalue weighted by atomic mass is 9.86. The number of alkyl halides is 1. The number of thioether (sulfide) groups is 1. The molecule has 5 heterocycles. The van der Waals surface area contributed by atoms with E-state index >= 15 is 0 Å². The van der Waals surface area contributed by atoms with Gasteiger partial charge in [0, 0.05) is 33.6 Å². The van der Waals surface area contributed by atoms with Crippen LogP contribution in [0.1, 0.15) is 18.5 Å². The third-order valence-electron chi connectivity index (χ3n) is 5.84. The molecule has 0 aromatic carbocycles. The molecule has 3 aromatic rings. The molecule has 0 unspecified atom stereocenters. The van der Waals surface area contributed by atoms with Gasteiger partial charge in [-0.2, -0.15) is 0 Å². The van der Waals surface area contributed by atoms with E-state index in [0.29, 0.717) is 22.1 Å². The van der Waals surface area contributed by atoms with Gasteiger partial charge in [0.25, 0.3) is 11.8 Å². The number of carbonyl (C=O) groups excluding carboxylic acids is 2. The first-order valence-corrected chi connectivity index (χ1v) is 14.1. The van der Waals surface area contributed by atoms with E-state index in [9.17, 15) is 23.9 Å². The van der Waals surface area contributed by atoms with Crippen LogP contribution >= 0.6 is 34.4 Å². The Balaban J connectivity index is 1.32. The first-order valence-electron chi connectivity index (χ1n) is 11.5. The number of nitrogens with zero attached hydrogens (tertiary/aromatic N) is 5. The van der Waals surface area contributed by atoms with Crippen LogP contribution in [0.25, 0.3) is 11.3 Å². The van der Waals surface area contributed by atoms with Gasteiger partial charge >= 0.3 is 5.97 Å². The molecule has 5 rings (SSSR count). The second-order valence-electron chi connectivity index (χ2n) is 8.22. The van der Waals surface area contributed by atoms with E-state index < -0.39 is 36.5 Å². The molecule has 0 aliphatic carbocycles. The Labute approximate surface area is 232 Å². The fraction of sp³-hybridized carbons (Fsp3) is 0.261. The van der Waals surface area contributed by atoms with Crippen LogP contribution in [0.3, 0.4) is 0 Å². The smallest absolute Gasteiger partial charge is 0.353 e. The van der Waals surface area contributed by atoms with Gasteiger partial charge in [-0.3, -0.25) is 19.5 Å². The summed E-state index contributed by atoms with van der Waals surface area (Å²) in [5.74, 6) is -2.59. The molecule has 0 bridgehead atoms. The third-order valence-corrected chi connectivity index (χ3v) is 8.59. The fourth-order valence-electron chi connectivity index (χ4n) is 4.14. The number of pyridine rings is 1. The number of nitrogens with two attached hydrogens (primary N) is 1. The van der Waals surface area contributed by atoms with Gasteiger partial charge in [-0.1, -0.05) is 16.9 Å². The molecule has 2 aliphatic heterocycles. The van der Waals surface area contributed by atoms with Crippen LogP contribution in [0, 0.1) is 0 Å². The number of nitrogens with one attached hydrogen (secondary N) is 1. The highest BCUT2D eigenvalue weighted by molar-refractivity contribution is 8.04. The standard InChI is InChI=1S/C23H20FN7O5S3/c24-5-7-36-30-16(13-10-37-22(25)27-13)19(32)29-17-14-3-4-15(18(21(34)35)31(14)20(17)33)39-23-28-12(9-38-23)11-2-1-6-26-8-11/h1-2,6,8-10,14,17H,3-5,7H2,(H2,25,27)(H,29,32)(H,34,35)/b30-16+/t14-,17+/m1/s1. The summed E-state index contributed by atoms with van der Waals surface area (Å²) in [4.78, 5) is 57.5. The molecule has 16 heteroatoms. The van der Waals surface area contributed by atoms with E-state index in [1.54, 1.807) is 18.5 Å². The summed E-state index contributed by atoms with van der Waals surface area (Å²) in [7, 11) is 0. The van der Waals surface area contributed by atoms with Crippen molar-refractivity contribution < 1.29 is 28.7 Å². The minimum atomic E-state index is -1.25. The molecule has 4 N–H and O–H groups in total. The maximum absolute atomic E-state index is 13.1. The van der Waals surface area contributed by atoms with Gasteiger partial charge in [0.1, 0.15) is 30.7 Å². The second-order valence-corrected chi connectivity index (χ2v) is 11.3. The Hall–Kier alpha value is -3.89. The number of carboxylic acid groups (broad SMARTS) is 1. The number of carboxylic acids is 1. The van der Waals surface area contributed by atoms with Gasteiger partial charge in [-0.05, 0) is 25.0 Å². The van der Waals surface area contributed by atoms with E-state index in [1.807, 2.05) is 11.4 Å². The predicted octanol–water partition coefficient (Wildman–Crippen LogP) is 2.51. The number of fused-ring (bicyclic) bond motifs is 1. The van der Waals surface area contributed by atoms with Gasteiger partial charge < -0.3 is 21.0 Å². The van der Waals surface area contributed by atoms with Crippen molar-refractivity contribution in [2.24, 2.45) is 5.16 Å². The Morgan fingerprint density at radius 3 is 2.87 bits per heavy atom. The molecular weight excluding hydrogens is 569 g/mol. The van der Waals surface area contributed by atoms with E-state index in [4.69, 9.17) is 10.6 Å². The summed E-state index contributed by atoms with van der Waals surface area (Å²) in [6.07, 6.45) is 4.15. The summed E-state index contributed by atoms with van der Waals surface area (Å²) >= 11 is 3.65. The van der Waals surface area contributed by atoms with E-state index in [0.717, 1.165) is 22.6 Å². The number of β-lactam (4-membered cyclic amide) rings is 1. The molecule has 2 amide bonds. The van der Waals surface area contributed by atoms with Crippen LogP contribution in [-0.2, 0) is 19.2 Å². The maximum atomic E-state index is 13.1.